The lowest BCUT2D eigenvalue weighted by Crippen LogP contribution is -2.40. The number of rotatable bonds is 10. The maximum atomic E-state index is 13.6. The first-order valence-electron chi connectivity index (χ1n) is 13.5. The average molecular weight is 563 g/mol. The van der Waals surface area contributed by atoms with Crippen molar-refractivity contribution in [1.82, 2.24) is 24.8 Å². The van der Waals surface area contributed by atoms with E-state index in [2.05, 4.69) is 31.6 Å². The standard InChI is InChI=1S/C30H32F2N6O3/c1-41-11-10-37-8-6-23(7-9-37)36-24-14-22-12-20(3-5-28(22)34-16-24)15-35-29(39)25-17-33-19-38(30(25)40)18-21-2-4-26(31)27(32)13-21/h2-5,12-14,16-17,19,23,36H,6-11,15,18H2,1H3,(H,35,39). The first-order valence-corrected chi connectivity index (χ1v) is 13.5. The normalized spacial score (nSPS) is 14.3. The monoisotopic (exact) mass is 562 g/mol. The molecule has 0 radical (unpaired) electrons. The second-order valence-electron chi connectivity index (χ2n) is 10.2. The number of hydrogen-bond acceptors (Lipinski definition) is 7. The number of halogens is 2. The van der Waals surface area contributed by atoms with Gasteiger partial charge in [-0.15, -0.1) is 0 Å². The van der Waals surface area contributed by atoms with E-state index < -0.39 is 23.1 Å². The number of hydrogen-bond donors (Lipinski definition) is 2. The van der Waals surface area contributed by atoms with Gasteiger partial charge in [0.15, 0.2) is 11.6 Å². The van der Waals surface area contributed by atoms with E-state index in [1.165, 1.54) is 23.2 Å². The highest BCUT2D eigenvalue weighted by Gasteiger charge is 2.19. The summed E-state index contributed by atoms with van der Waals surface area (Å²) in [6.45, 7) is 3.90. The van der Waals surface area contributed by atoms with Gasteiger partial charge in [-0.25, -0.2) is 13.8 Å². The summed E-state index contributed by atoms with van der Waals surface area (Å²) < 4.78 is 33.2. The number of methoxy groups -OCH3 is 1. The third-order valence-corrected chi connectivity index (χ3v) is 7.25. The van der Waals surface area contributed by atoms with Crippen LogP contribution in [-0.2, 0) is 17.8 Å². The Morgan fingerprint density at radius 2 is 1.85 bits per heavy atom. The van der Waals surface area contributed by atoms with Gasteiger partial charge in [0, 0.05) is 50.9 Å². The lowest BCUT2D eigenvalue weighted by Gasteiger charge is -2.32. The van der Waals surface area contributed by atoms with E-state index in [1.807, 2.05) is 24.4 Å². The maximum Gasteiger partial charge on any atom is 0.266 e. The van der Waals surface area contributed by atoms with Crippen molar-refractivity contribution in [1.29, 1.82) is 0 Å². The van der Waals surface area contributed by atoms with Crippen LogP contribution < -0.4 is 16.2 Å². The minimum absolute atomic E-state index is 0.0505. The molecule has 2 aromatic carbocycles. The van der Waals surface area contributed by atoms with E-state index >= 15 is 0 Å². The molecule has 9 nitrogen and oxygen atoms in total. The predicted molar refractivity (Wildman–Crippen MR) is 152 cm³/mol. The molecule has 1 amide bonds. The first kappa shape index (κ1) is 28.3. The fourth-order valence-corrected chi connectivity index (χ4v) is 4.96. The molecule has 0 spiro atoms. The van der Waals surface area contributed by atoms with E-state index in [4.69, 9.17) is 4.74 Å². The van der Waals surface area contributed by atoms with Gasteiger partial charge in [0.05, 0.1) is 36.9 Å². The predicted octanol–water partition coefficient (Wildman–Crippen LogP) is 3.57. The zero-order chi connectivity index (χ0) is 28.8. The molecule has 41 heavy (non-hydrogen) atoms. The molecule has 4 aromatic rings. The summed E-state index contributed by atoms with van der Waals surface area (Å²) >= 11 is 0. The third-order valence-electron chi connectivity index (χ3n) is 7.25. The van der Waals surface area contributed by atoms with Gasteiger partial charge in [0.25, 0.3) is 11.5 Å². The minimum atomic E-state index is -1.01. The molecule has 2 aromatic heterocycles. The zero-order valence-corrected chi connectivity index (χ0v) is 22.8. The lowest BCUT2D eigenvalue weighted by atomic mass is 10.0. The van der Waals surface area contributed by atoms with E-state index in [0.717, 1.165) is 73.4 Å². The molecule has 2 N–H and O–H groups in total. The first-order chi connectivity index (χ1) is 19.9. The summed E-state index contributed by atoms with van der Waals surface area (Å²) in [6, 6.07) is 11.6. The van der Waals surface area contributed by atoms with Gasteiger partial charge in [-0.2, -0.15) is 0 Å². The van der Waals surface area contributed by atoms with Gasteiger partial charge in [-0.1, -0.05) is 12.1 Å². The topological polar surface area (TPSA) is 101 Å². The molecule has 11 heteroatoms. The smallest absolute Gasteiger partial charge is 0.266 e. The van der Waals surface area contributed by atoms with Crippen molar-refractivity contribution in [3.05, 3.63) is 99.9 Å². The molecule has 214 valence electrons. The van der Waals surface area contributed by atoms with Crippen LogP contribution in [0.1, 0.15) is 34.3 Å². The van der Waals surface area contributed by atoms with E-state index in [1.54, 1.807) is 7.11 Å². The van der Waals surface area contributed by atoms with Crippen LogP contribution in [0.2, 0.25) is 0 Å². The average Bonchev–Trinajstić information content (AvgIpc) is 2.98. The number of fused-ring (bicyclic) bond motifs is 1. The van der Waals surface area contributed by atoms with Gasteiger partial charge < -0.3 is 20.3 Å². The number of likely N-dealkylation sites (tertiary alicyclic amines) is 1. The second-order valence-corrected chi connectivity index (χ2v) is 10.2. The largest absolute Gasteiger partial charge is 0.383 e. The van der Waals surface area contributed by atoms with Crippen LogP contribution in [-0.4, -0.2) is 64.7 Å². The molecule has 1 fully saturated rings. The van der Waals surface area contributed by atoms with Gasteiger partial charge in [-0.3, -0.25) is 19.1 Å². The van der Waals surface area contributed by atoms with Crippen LogP contribution in [0.25, 0.3) is 10.9 Å². The third kappa shape index (κ3) is 7.11. The number of carbonyl (C=O) groups is 1. The van der Waals surface area contributed by atoms with Gasteiger partial charge in [0.1, 0.15) is 5.56 Å². The van der Waals surface area contributed by atoms with Crippen LogP contribution in [0.15, 0.2) is 66.0 Å². The van der Waals surface area contributed by atoms with Gasteiger partial charge in [0.2, 0.25) is 0 Å². The van der Waals surface area contributed by atoms with E-state index in [0.29, 0.717) is 11.6 Å². The summed E-state index contributed by atoms with van der Waals surface area (Å²) in [5, 5.41) is 7.32. The van der Waals surface area contributed by atoms with Crippen molar-refractivity contribution in [3.8, 4) is 0 Å². The lowest BCUT2D eigenvalue weighted by molar-refractivity contribution is 0.0948. The summed E-state index contributed by atoms with van der Waals surface area (Å²) in [4.78, 5) is 36.7. The van der Waals surface area contributed by atoms with Crippen molar-refractivity contribution in [2.45, 2.75) is 32.0 Å². The number of pyridine rings is 1. The number of amides is 1. The quantitative estimate of drug-likeness (QED) is 0.305. The fraction of sp³-hybridized carbons (Fsp3) is 0.333. The van der Waals surface area contributed by atoms with Crippen LogP contribution in [0.4, 0.5) is 14.5 Å². The molecule has 1 saturated heterocycles. The van der Waals surface area contributed by atoms with E-state index in [9.17, 15) is 18.4 Å². The van der Waals surface area contributed by atoms with Crippen molar-refractivity contribution in [2.24, 2.45) is 0 Å². The molecule has 0 bridgehead atoms. The summed E-state index contributed by atoms with van der Waals surface area (Å²) in [5.74, 6) is -2.56. The number of piperidine rings is 1. The Hall–Kier alpha value is -4.22. The summed E-state index contributed by atoms with van der Waals surface area (Å²) in [6.07, 6.45) is 6.39. The number of nitrogens with one attached hydrogen (secondary N) is 2. The fourth-order valence-electron chi connectivity index (χ4n) is 4.96. The van der Waals surface area contributed by atoms with Crippen molar-refractivity contribution < 1.29 is 18.3 Å². The highest BCUT2D eigenvalue weighted by Crippen LogP contribution is 2.21. The number of ether oxygens (including phenoxy) is 1. The van der Waals surface area contributed by atoms with Crippen molar-refractivity contribution >= 4 is 22.5 Å². The Kier molecular flexibility index (Phi) is 8.95. The Morgan fingerprint density at radius 1 is 1.05 bits per heavy atom. The zero-order valence-electron chi connectivity index (χ0n) is 22.8. The Bertz CT molecular complexity index is 1590. The highest BCUT2D eigenvalue weighted by atomic mass is 19.2. The summed E-state index contributed by atoms with van der Waals surface area (Å²) in [5.41, 5.74) is 2.29. The molecule has 0 atom stereocenters. The number of aromatic nitrogens is 3. The Labute approximate surface area is 236 Å². The maximum absolute atomic E-state index is 13.6. The molecule has 0 saturated carbocycles. The SMILES string of the molecule is COCCN1CCC(Nc2cnc3ccc(CNC(=O)c4cncn(Cc5ccc(F)c(F)c5)c4=O)cc3c2)CC1. The van der Waals surface area contributed by atoms with Crippen molar-refractivity contribution in [3.63, 3.8) is 0 Å². The number of carbonyl (C=O) groups excluding carboxylic acids is 1. The Morgan fingerprint density at radius 3 is 2.63 bits per heavy atom. The van der Waals surface area contributed by atoms with Crippen LogP contribution >= 0.6 is 0 Å². The van der Waals surface area contributed by atoms with E-state index in [-0.39, 0.29) is 18.7 Å². The summed E-state index contributed by atoms with van der Waals surface area (Å²) in [7, 11) is 1.72. The molecule has 1 aliphatic heterocycles. The molecule has 0 unspecified atom stereocenters. The van der Waals surface area contributed by atoms with Crippen LogP contribution in [0.5, 0.6) is 0 Å². The minimum Gasteiger partial charge on any atom is -0.383 e. The molecule has 5 rings (SSSR count). The van der Waals surface area contributed by atoms with Crippen LogP contribution in [0.3, 0.4) is 0 Å². The number of anilines is 1. The van der Waals surface area contributed by atoms with Crippen LogP contribution in [0, 0.1) is 11.6 Å². The Balaban J connectivity index is 1.21. The van der Waals surface area contributed by atoms with Crippen molar-refractivity contribution in [2.75, 3.05) is 38.7 Å². The molecular formula is C30H32F2N6O3. The molecule has 0 aliphatic carbocycles. The highest BCUT2D eigenvalue weighted by molar-refractivity contribution is 5.93. The number of benzene rings is 2. The molecule has 1 aliphatic rings. The van der Waals surface area contributed by atoms with Gasteiger partial charge >= 0.3 is 0 Å². The molecule has 3 heterocycles. The second kappa shape index (κ2) is 13.0. The van der Waals surface area contributed by atoms with Gasteiger partial charge in [-0.05, 0) is 54.3 Å². The molecular weight excluding hydrogens is 530 g/mol. The number of nitrogens with zero attached hydrogens (tertiary/aromatic N) is 4.